The average Bonchev–Trinajstić information content (AvgIpc) is 2.98. The van der Waals surface area contributed by atoms with Gasteiger partial charge in [0.2, 0.25) is 5.91 Å². The van der Waals surface area contributed by atoms with E-state index >= 15 is 0 Å². The molecule has 96 valence electrons. The Kier molecular flexibility index (Phi) is 2.82. The number of allylic oxidation sites excluding steroid dienone is 1. The molecule has 0 aliphatic heterocycles. The number of amides is 1. The zero-order valence-corrected chi connectivity index (χ0v) is 10.8. The van der Waals surface area contributed by atoms with Crippen LogP contribution in [-0.2, 0) is 19.3 Å². The van der Waals surface area contributed by atoms with Gasteiger partial charge in [-0.3, -0.25) is 4.79 Å². The van der Waals surface area contributed by atoms with Gasteiger partial charge < -0.3 is 0 Å². The second-order valence-corrected chi connectivity index (χ2v) is 6.53. The lowest BCUT2D eigenvalue weighted by atomic mass is 10.2. The van der Waals surface area contributed by atoms with Crippen molar-refractivity contribution in [3.05, 3.63) is 12.2 Å². The first kappa shape index (κ1) is 12.6. The third-order valence-corrected chi connectivity index (χ3v) is 4.32. The highest BCUT2D eigenvalue weighted by Crippen LogP contribution is 2.44. The van der Waals surface area contributed by atoms with E-state index in [9.17, 15) is 13.2 Å². The first-order valence-corrected chi connectivity index (χ1v) is 7.06. The SMILES string of the molecule is C=C(C)C1CC1C(=O)NS(=O)(=O)OC1(C)CC1. The summed E-state index contributed by atoms with van der Waals surface area (Å²) in [4.78, 5) is 11.6. The van der Waals surface area contributed by atoms with Crippen LogP contribution in [-0.4, -0.2) is 19.9 Å². The van der Waals surface area contributed by atoms with Crippen LogP contribution < -0.4 is 4.72 Å². The van der Waals surface area contributed by atoms with Crippen LogP contribution >= 0.6 is 0 Å². The van der Waals surface area contributed by atoms with Gasteiger partial charge in [0.05, 0.1) is 5.60 Å². The van der Waals surface area contributed by atoms with E-state index in [2.05, 4.69) is 6.58 Å². The third-order valence-electron chi connectivity index (χ3n) is 3.25. The maximum Gasteiger partial charge on any atom is 0.362 e. The Balaban J connectivity index is 1.89. The highest BCUT2D eigenvalue weighted by molar-refractivity contribution is 7.85. The molecule has 2 aliphatic rings. The lowest BCUT2D eigenvalue weighted by Gasteiger charge is -2.11. The molecule has 17 heavy (non-hydrogen) atoms. The molecule has 2 atom stereocenters. The van der Waals surface area contributed by atoms with Gasteiger partial charge in [-0.25, -0.2) is 8.91 Å². The van der Waals surface area contributed by atoms with Gasteiger partial charge in [0.1, 0.15) is 0 Å². The summed E-state index contributed by atoms with van der Waals surface area (Å²) < 4.78 is 29.9. The Bertz CT molecular complexity index is 464. The van der Waals surface area contributed by atoms with Gasteiger partial charge in [-0.1, -0.05) is 12.2 Å². The minimum Gasteiger partial charge on any atom is -0.274 e. The summed E-state index contributed by atoms with van der Waals surface area (Å²) in [6.07, 6.45) is 2.09. The Morgan fingerprint density at radius 2 is 2.00 bits per heavy atom. The Hall–Kier alpha value is -0.880. The lowest BCUT2D eigenvalue weighted by Crippen LogP contribution is -2.36. The van der Waals surface area contributed by atoms with E-state index in [0.29, 0.717) is 19.3 Å². The second-order valence-electron chi connectivity index (χ2n) is 5.25. The first-order chi connectivity index (χ1) is 7.72. The predicted molar refractivity (Wildman–Crippen MR) is 62.2 cm³/mol. The summed E-state index contributed by atoms with van der Waals surface area (Å²) >= 11 is 0. The maximum atomic E-state index is 11.6. The molecule has 1 amide bonds. The van der Waals surface area contributed by atoms with Crippen molar-refractivity contribution in [3.8, 4) is 0 Å². The molecule has 0 aromatic carbocycles. The van der Waals surface area contributed by atoms with E-state index in [1.807, 2.05) is 11.6 Å². The van der Waals surface area contributed by atoms with Crippen molar-refractivity contribution in [2.75, 3.05) is 0 Å². The summed E-state index contributed by atoms with van der Waals surface area (Å²) in [7, 11) is -3.96. The summed E-state index contributed by atoms with van der Waals surface area (Å²) in [5.41, 5.74) is 0.307. The van der Waals surface area contributed by atoms with Gasteiger partial charge in [-0.2, -0.15) is 8.42 Å². The van der Waals surface area contributed by atoms with Crippen LogP contribution in [0.1, 0.15) is 33.1 Å². The monoisotopic (exact) mass is 259 g/mol. The molecule has 0 saturated heterocycles. The highest BCUT2D eigenvalue weighted by atomic mass is 32.2. The molecule has 0 radical (unpaired) electrons. The normalized spacial score (nSPS) is 29.5. The van der Waals surface area contributed by atoms with Crippen LogP contribution in [0, 0.1) is 11.8 Å². The second kappa shape index (κ2) is 3.81. The predicted octanol–water partition coefficient (Wildman–Crippen LogP) is 1.13. The standard InChI is InChI=1S/C11H17NO4S/c1-7(2)8-6-9(8)10(13)12-17(14,15)16-11(3)4-5-11/h8-9H,1,4-6H2,2-3H3,(H,12,13). The van der Waals surface area contributed by atoms with Crippen molar-refractivity contribution in [2.24, 2.45) is 11.8 Å². The molecule has 0 aromatic heterocycles. The summed E-state index contributed by atoms with van der Waals surface area (Å²) in [6, 6.07) is 0. The van der Waals surface area contributed by atoms with E-state index in [4.69, 9.17) is 4.18 Å². The minimum absolute atomic E-state index is 0.113. The quantitative estimate of drug-likeness (QED) is 0.751. The van der Waals surface area contributed by atoms with Gasteiger partial charge in [0.15, 0.2) is 0 Å². The van der Waals surface area contributed by atoms with Crippen LogP contribution in [0.25, 0.3) is 0 Å². The molecule has 2 aliphatic carbocycles. The molecule has 0 bridgehead atoms. The van der Waals surface area contributed by atoms with Crippen LogP contribution in [0.5, 0.6) is 0 Å². The van der Waals surface area contributed by atoms with Crippen molar-refractivity contribution in [1.29, 1.82) is 0 Å². The number of carbonyl (C=O) groups is 1. The molecular formula is C11H17NO4S. The number of rotatable bonds is 5. The fraction of sp³-hybridized carbons (Fsp3) is 0.727. The molecule has 1 N–H and O–H groups in total. The molecular weight excluding hydrogens is 242 g/mol. The van der Waals surface area contributed by atoms with Crippen molar-refractivity contribution < 1.29 is 17.4 Å². The van der Waals surface area contributed by atoms with Crippen LogP contribution in [0.3, 0.4) is 0 Å². The Morgan fingerprint density at radius 1 is 1.41 bits per heavy atom. The van der Waals surface area contributed by atoms with Crippen LogP contribution in [0.2, 0.25) is 0 Å². The molecule has 6 heteroatoms. The van der Waals surface area contributed by atoms with E-state index in [0.717, 1.165) is 5.57 Å². The molecule has 0 heterocycles. The summed E-state index contributed by atoms with van der Waals surface area (Å²) in [5, 5.41) is 0. The van der Waals surface area contributed by atoms with Crippen LogP contribution in [0.4, 0.5) is 0 Å². The topological polar surface area (TPSA) is 72.5 Å². The molecule has 5 nitrogen and oxygen atoms in total. The van der Waals surface area contributed by atoms with E-state index in [1.54, 1.807) is 6.92 Å². The van der Waals surface area contributed by atoms with Crippen molar-refractivity contribution in [3.63, 3.8) is 0 Å². The number of hydrogen-bond donors (Lipinski definition) is 1. The molecule has 2 rings (SSSR count). The third kappa shape index (κ3) is 3.07. The number of nitrogens with one attached hydrogen (secondary N) is 1. The van der Waals surface area contributed by atoms with Gasteiger partial charge in [-0.15, -0.1) is 0 Å². The summed E-state index contributed by atoms with van der Waals surface area (Å²) in [5.74, 6) is -0.637. The molecule has 0 aromatic rings. The van der Waals surface area contributed by atoms with Crippen LogP contribution in [0.15, 0.2) is 12.2 Å². The smallest absolute Gasteiger partial charge is 0.274 e. The Morgan fingerprint density at radius 3 is 2.41 bits per heavy atom. The zero-order valence-electron chi connectivity index (χ0n) is 10.0. The van der Waals surface area contributed by atoms with E-state index < -0.39 is 21.8 Å². The molecule has 2 saturated carbocycles. The zero-order chi connectivity index (χ0) is 12.8. The van der Waals surface area contributed by atoms with Gasteiger partial charge in [0, 0.05) is 5.92 Å². The van der Waals surface area contributed by atoms with E-state index in [1.165, 1.54) is 0 Å². The van der Waals surface area contributed by atoms with Gasteiger partial charge in [-0.05, 0) is 39.0 Å². The highest BCUT2D eigenvalue weighted by Gasteiger charge is 2.47. The van der Waals surface area contributed by atoms with Crippen molar-refractivity contribution in [2.45, 2.75) is 38.7 Å². The van der Waals surface area contributed by atoms with Gasteiger partial charge in [0.25, 0.3) is 0 Å². The molecule has 0 spiro atoms. The van der Waals surface area contributed by atoms with Crippen molar-refractivity contribution in [1.82, 2.24) is 4.72 Å². The number of hydrogen-bond acceptors (Lipinski definition) is 4. The van der Waals surface area contributed by atoms with Crippen molar-refractivity contribution >= 4 is 16.2 Å². The lowest BCUT2D eigenvalue weighted by molar-refractivity contribution is -0.120. The summed E-state index contributed by atoms with van der Waals surface area (Å²) in [6.45, 7) is 7.31. The maximum absolute atomic E-state index is 11.6. The average molecular weight is 259 g/mol. The Labute approximate surface area is 101 Å². The fourth-order valence-corrected chi connectivity index (χ4v) is 2.91. The first-order valence-electron chi connectivity index (χ1n) is 5.65. The largest absolute Gasteiger partial charge is 0.362 e. The van der Waals surface area contributed by atoms with E-state index in [-0.39, 0.29) is 11.8 Å². The minimum atomic E-state index is -3.96. The molecule has 2 unspecified atom stereocenters. The van der Waals surface area contributed by atoms with Gasteiger partial charge >= 0.3 is 10.3 Å². The number of carbonyl (C=O) groups excluding carboxylic acids is 1. The molecule has 2 fully saturated rings. The fourth-order valence-electron chi connectivity index (χ4n) is 1.77.